The molecule has 0 fully saturated rings. The van der Waals surface area contributed by atoms with Crippen molar-refractivity contribution in [3.8, 4) is 0 Å². The lowest BCUT2D eigenvalue weighted by atomic mass is 9.99. The van der Waals surface area contributed by atoms with Gasteiger partial charge >= 0.3 is 5.97 Å². The fourth-order valence-corrected chi connectivity index (χ4v) is 1.39. The summed E-state index contributed by atoms with van der Waals surface area (Å²) in [4.78, 5) is 13.0. The van der Waals surface area contributed by atoms with E-state index >= 15 is 0 Å². The predicted octanol–water partition coefficient (Wildman–Crippen LogP) is 2.60. The van der Waals surface area contributed by atoms with Crippen LogP contribution >= 0.6 is 0 Å². The van der Waals surface area contributed by atoms with E-state index in [0.717, 1.165) is 12.0 Å². The van der Waals surface area contributed by atoms with Crippen LogP contribution in [0.4, 0.5) is 0 Å². The molecule has 0 saturated heterocycles. The fourth-order valence-electron chi connectivity index (χ4n) is 1.39. The quantitative estimate of drug-likeness (QED) is 0.836. The van der Waals surface area contributed by atoms with Gasteiger partial charge in [0.1, 0.15) is 0 Å². The number of aromatic carboxylic acids is 1. The van der Waals surface area contributed by atoms with Gasteiger partial charge in [-0.2, -0.15) is 0 Å². The van der Waals surface area contributed by atoms with E-state index in [4.69, 9.17) is 9.52 Å². The van der Waals surface area contributed by atoms with E-state index in [9.17, 15) is 4.79 Å². The molecule has 1 N–H and O–H groups in total. The lowest BCUT2D eigenvalue weighted by Gasteiger charge is -2.34. The van der Waals surface area contributed by atoms with Crippen LogP contribution in [0.5, 0.6) is 0 Å². The summed E-state index contributed by atoms with van der Waals surface area (Å²) in [6.45, 7) is 6.96. The summed E-state index contributed by atoms with van der Waals surface area (Å²) in [6, 6.07) is 1.71. The molecule has 1 heterocycles. The maximum Gasteiger partial charge on any atom is 0.372 e. The Hall–Kier alpha value is -1.29. The normalized spacial score (nSPS) is 12.1. The summed E-state index contributed by atoms with van der Waals surface area (Å²) >= 11 is 0. The van der Waals surface area contributed by atoms with Crippen LogP contribution in [-0.4, -0.2) is 28.6 Å². The third kappa shape index (κ3) is 2.64. The molecule has 4 heteroatoms. The van der Waals surface area contributed by atoms with Crippen molar-refractivity contribution in [3.05, 3.63) is 23.7 Å². The van der Waals surface area contributed by atoms with Gasteiger partial charge in [0.15, 0.2) is 0 Å². The first-order chi connectivity index (χ1) is 7.38. The molecule has 0 saturated carbocycles. The van der Waals surface area contributed by atoms with Crippen LogP contribution in [0.3, 0.4) is 0 Å². The SMILES string of the molecule is CCC(C)(C)N(C)Cc1ccoc1C(=O)O. The second-order valence-electron chi connectivity index (χ2n) is 4.60. The molecule has 90 valence electrons. The Morgan fingerprint density at radius 2 is 2.19 bits per heavy atom. The minimum Gasteiger partial charge on any atom is -0.475 e. The highest BCUT2D eigenvalue weighted by molar-refractivity contribution is 5.86. The van der Waals surface area contributed by atoms with Gasteiger partial charge in [-0.3, -0.25) is 4.90 Å². The van der Waals surface area contributed by atoms with Crippen LogP contribution in [0, 0.1) is 0 Å². The zero-order valence-corrected chi connectivity index (χ0v) is 10.3. The van der Waals surface area contributed by atoms with E-state index in [2.05, 4.69) is 25.7 Å². The number of carboxylic acids is 1. The number of hydrogen-bond donors (Lipinski definition) is 1. The maximum atomic E-state index is 10.9. The Balaban J connectivity index is 2.81. The number of carboxylic acid groups (broad SMARTS) is 1. The summed E-state index contributed by atoms with van der Waals surface area (Å²) in [5.74, 6) is -0.971. The smallest absolute Gasteiger partial charge is 0.372 e. The Morgan fingerprint density at radius 3 is 2.69 bits per heavy atom. The van der Waals surface area contributed by atoms with E-state index in [1.54, 1.807) is 6.07 Å². The Morgan fingerprint density at radius 1 is 1.56 bits per heavy atom. The van der Waals surface area contributed by atoms with Gasteiger partial charge in [0.05, 0.1) is 6.26 Å². The van der Waals surface area contributed by atoms with Gasteiger partial charge in [0.25, 0.3) is 0 Å². The van der Waals surface area contributed by atoms with Gasteiger partial charge in [-0.1, -0.05) is 6.92 Å². The van der Waals surface area contributed by atoms with E-state index in [1.165, 1.54) is 6.26 Å². The number of furan rings is 1. The predicted molar refractivity (Wildman–Crippen MR) is 61.5 cm³/mol. The third-order valence-electron chi connectivity index (χ3n) is 3.25. The topological polar surface area (TPSA) is 53.7 Å². The molecule has 16 heavy (non-hydrogen) atoms. The van der Waals surface area contributed by atoms with Crippen molar-refractivity contribution in [3.63, 3.8) is 0 Å². The van der Waals surface area contributed by atoms with Gasteiger partial charge in [0.2, 0.25) is 5.76 Å². The minimum atomic E-state index is -1.01. The van der Waals surface area contributed by atoms with E-state index in [-0.39, 0.29) is 11.3 Å². The molecule has 0 aromatic carbocycles. The average Bonchev–Trinajstić information content (AvgIpc) is 2.65. The van der Waals surface area contributed by atoms with Crippen molar-refractivity contribution < 1.29 is 14.3 Å². The highest BCUT2D eigenvalue weighted by atomic mass is 16.4. The zero-order chi connectivity index (χ0) is 12.3. The van der Waals surface area contributed by atoms with Gasteiger partial charge in [-0.25, -0.2) is 4.79 Å². The first kappa shape index (κ1) is 12.8. The van der Waals surface area contributed by atoms with Crippen molar-refractivity contribution in [2.75, 3.05) is 7.05 Å². The maximum absolute atomic E-state index is 10.9. The molecule has 0 spiro atoms. The number of nitrogens with zero attached hydrogens (tertiary/aromatic N) is 1. The standard InChI is InChI=1S/C12H19NO3/c1-5-12(2,3)13(4)8-9-6-7-16-10(9)11(14)15/h6-7H,5,8H2,1-4H3,(H,14,15). The molecular formula is C12H19NO3. The first-order valence-corrected chi connectivity index (χ1v) is 5.39. The summed E-state index contributed by atoms with van der Waals surface area (Å²) in [5, 5.41) is 8.92. The van der Waals surface area contributed by atoms with Gasteiger partial charge < -0.3 is 9.52 Å². The van der Waals surface area contributed by atoms with Crippen molar-refractivity contribution in [1.29, 1.82) is 0 Å². The second kappa shape index (κ2) is 4.70. The molecule has 0 aliphatic rings. The van der Waals surface area contributed by atoms with Crippen molar-refractivity contribution >= 4 is 5.97 Å². The number of rotatable bonds is 5. The van der Waals surface area contributed by atoms with E-state index < -0.39 is 5.97 Å². The summed E-state index contributed by atoms with van der Waals surface area (Å²) in [7, 11) is 1.99. The molecule has 1 aromatic rings. The molecule has 0 unspecified atom stereocenters. The molecule has 1 aromatic heterocycles. The average molecular weight is 225 g/mol. The molecular weight excluding hydrogens is 206 g/mol. The molecule has 4 nitrogen and oxygen atoms in total. The molecule has 0 amide bonds. The van der Waals surface area contributed by atoms with Crippen molar-refractivity contribution in [2.24, 2.45) is 0 Å². The van der Waals surface area contributed by atoms with E-state index in [1.807, 2.05) is 7.05 Å². The van der Waals surface area contributed by atoms with Crippen LogP contribution < -0.4 is 0 Å². The molecule has 0 atom stereocenters. The molecule has 0 aliphatic heterocycles. The second-order valence-corrected chi connectivity index (χ2v) is 4.60. The van der Waals surface area contributed by atoms with Crippen LogP contribution in [-0.2, 0) is 6.54 Å². The van der Waals surface area contributed by atoms with Crippen molar-refractivity contribution in [2.45, 2.75) is 39.3 Å². The van der Waals surface area contributed by atoms with Gasteiger partial charge in [0, 0.05) is 17.6 Å². The highest BCUT2D eigenvalue weighted by Crippen LogP contribution is 2.21. The summed E-state index contributed by atoms with van der Waals surface area (Å²) < 4.78 is 4.95. The molecule has 0 radical (unpaired) electrons. The summed E-state index contributed by atoms with van der Waals surface area (Å²) in [5.41, 5.74) is 0.768. The highest BCUT2D eigenvalue weighted by Gasteiger charge is 2.23. The Bertz CT molecular complexity index is 368. The monoisotopic (exact) mass is 225 g/mol. The van der Waals surface area contributed by atoms with Crippen LogP contribution in [0.2, 0.25) is 0 Å². The molecule has 0 aliphatic carbocycles. The van der Waals surface area contributed by atoms with Gasteiger partial charge in [-0.15, -0.1) is 0 Å². The Kier molecular flexibility index (Phi) is 3.75. The number of hydrogen-bond acceptors (Lipinski definition) is 3. The zero-order valence-electron chi connectivity index (χ0n) is 10.3. The van der Waals surface area contributed by atoms with Crippen LogP contribution in [0.1, 0.15) is 43.3 Å². The summed E-state index contributed by atoms with van der Waals surface area (Å²) in [6.07, 6.45) is 2.43. The lowest BCUT2D eigenvalue weighted by molar-refractivity contribution is 0.0656. The largest absolute Gasteiger partial charge is 0.475 e. The molecule has 1 rings (SSSR count). The van der Waals surface area contributed by atoms with Gasteiger partial charge in [-0.05, 0) is 33.4 Å². The van der Waals surface area contributed by atoms with Crippen molar-refractivity contribution in [1.82, 2.24) is 4.90 Å². The third-order valence-corrected chi connectivity index (χ3v) is 3.25. The van der Waals surface area contributed by atoms with E-state index in [0.29, 0.717) is 6.54 Å². The minimum absolute atomic E-state index is 0.0405. The number of carbonyl (C=O) groups is 1. The lowest BCUT2D eigenvalue weighted by Crippen LogP contribution is -2.39. The Labute approximate surface area is 95.9 Å². The molecule has 0 bridgehead atoms. The van der Waals surface area contributed by atoms with Crippen LogP contribution in [0.25, 0.3) is 0 Å². The first-order valence-electron chi connectivity index (χ1n) is 5.39. The van der Waals surface area contributed by atoms with Crippen LogP contribution in [0.15, 0.2) is 16.7 Å². The fraction of sp³-hybridized carbons (Fsp3) is 0.583.